The van der Waals surface area contributed by atoms with Gasteiger partial charge in [-0.3, -0.25) is 4.79 Å². The minimum Gasteiger partial charge on any atom is -0.394 e. The van der Waals surface area contributed by atoms with Crippen molar-refractivity contribution in [2.24, 2.45) is 11.1 Å². The van der Waals surface area contributed by atoms with Crippen LogP contribution in [0, 0.1) is 5.41 Å². The Hall–Kier alpha value is -0.720. The number of likely N-dealkylation sites (N-methyl/N-ethyl adjacent to an activating group) is 1. The third-order valence-electron chi connectivity index (χ3n) is 3.24. The molecule has 0 rings (SSSR count). The van der Waals surface area contributed by atoms with Gasteiger partial charge in [0.25, 0.3) is 0 Å². The number of nitrogens with two attached hydrogens (primary N) is 1. The van der Waals surface area contributed by atoms with Gasteiger partial charge in [-0.1, -0.05) is 26.1 Å². The molecule has 0 aliphatic rings. The van der Waals surface area contributed by atoms with Gasteiger partial charge >= 0.3 is 0 Å². The maximum atomic E-state index is 12.4. The van der Waals surface area contributed by atoms with Gasteiger partial charge in [-0.05, 0) is 12.8 Å². The fourth-order valence-electron chi connectivity index (χ4n) is 1.84. The van der Waals surface area contributed by atoms with E-state index >= 15 is 0 Å². The topological polar surface area (TPSA) is 75.8 Å². The molecule has 18 heavy (non-hydrogen) atoms. The molecule has 0 spiro atoms. The Kier molecular flexibility index (Phi) is 8.06. The number of nitrogens with zero attached hydrogens (tertiary/aromatic N) is 1. The monoisotopic (exact) mass is 276 g/mol. The summed E-state index contributed by atoms with van der Waals surface area (Å²) in [5.74, 6) is -0.0624. The lowest BCUT2D eigenvalue weighted by molar-refractivity contribution is -0.138. The van der Waals surface area contributed by atoms with E-state index in [4.69, 9.17) is 27.8 Å². The standard InChI is InChI=1S/C12H24N2O3S/c1-4-12(5-2,10(13)18)11(16)14(3)6-8-17-9-7-15/h15H,4-9H2,1-3H3,(H2,13,18). The van der Waals surface area contributed by atoms with Gasteiger partial charge in [0.2, 0.25) is 5.91 Å². The number of amides is 1. The van der Waals surface area contributed by atoms with E-state index in [0.717, 1.165) is 0 Å². The number of thiocarbonyl (C=S) groups is 1. The summed E-state index contributed by atoms with van der Waals surface area (Å²) in [5, 5.41) is 8.58. The zero-order chi connectivity index (χ0) is 14.2. The summed E-state index contributed by atoms with van der Waals surface area (Å²) in [6.07, 6.45) is 1.19. The molecule has 0 aromatic carbocycles. The number of carbonyl (C=O) groups excluding carboxylic acids is 1. The molecule has 0 aromatic rings. The van der Waals surface area contributed by atoms with Gasteiger partial charge in [-0.15, -0.1) is 0 Å². The van der Waals surface area contributed by atoms with Crippen molar-refractivity contribution in [3.8, 4) is 0 Å². The molecular formula is C12H24N2O3S. The fraction of sp³-hybridized carbons (Fsp3) is 0.833. The molecule has 0 unspecified atom stereocenters. The number of rotatable bonds is 9. The van der Waals surface area contributed by atoms with E-state index in [9.17, 15) is 4.79 Å². The Morgan fingerprint density at radius 3 is 2.33 bits per heavy atom. The first-order chi connectivity index (χ1) is 8.46. The maximum absolute atomic E-state index is 12.4. The molecule has 0 saturated carbocycles. The van der Waals surface area contributed by atoms with Crippen molar-refractivity contribution in [1.82, 2.24) is 4.90 Å². The van der Waals surface area contributed by atoms with Crippen LogP contribution in [0.1, 0.15) is 26.7 Å². The van der Waals surface area contributed by atoms with Gasteiger partial charge in [-0.2, -0.15) is 0 Å². The molecule has 0 fully saturated rings. The molecule has 0 aromatic heterocycles. The molecule has 0 saturated heterocycles. The molecule has 6 heteroatoms. The van der Waals surface area contributed by atoms with E-state index < -0.39 is 5.41 Å². The van der Waals surface area contributed by atoms with Gasteiger partial charge < -0.3 is 20.5 Å². The van der Waals surface area contributed by atoms with E-state index in [1.807, 2.05) is 13.8 Å². The van der Waals surface area contributed by atoms with Crippen LogP contribution in [-0.4, -0.2) is 54.3 Å². The number of ether oxygens (including phenoxy) is 1. The minimum atomic E-state index is -0.749. The quantitative estimate of drug-likeness (QED) is 0.475. The lowest BCUT2D eigenvalue weighted by atomic mass is 9.81. The number of aliphatic hydroxyl groups is 1. The first-order valence-electron chi connectivity index (χ1n) is 6.20. The number of hydrogen-bond donors (Lipinski definition) is 2. The fourth-order valence-corrected chi connectivity index (χ4v) is 2.22. The van der Waals surface area contributed by atoms with E-state index in [2.05, 4.69) is 0 Å². The Labute approximate surface area is 114 Å². The van der Waals surface area contributed by atoms with Crippen LogP contribution in [0.3, 0.4) is 0 Å². The normalized spacial score (nSPS) is 11.3. The molecule has 0 bridgehead atoms. The van der Waals surface area contributed by atoms with Gasteiger partial charge in [0, 0.05) is 13.6 Å². The van der Waals surface area contributed by atoms with Crippen molar-refractivity contribution in [2.45, 2.75) is 26.7 Å². The van der Waals surface area contributed by atoms with Crippen molar-refractivity contribution in [3.63, 3.8) is 0 Å². The third-order valence-corrected chi connectivity index (χ3v) is 3.63. The summed E-state index contributed by atoms with van der Waals surface area (Å²) in [7, 11) is 1.71. The molecule has 0 aliphatic heterocycles. The molecule has 1 amide bonds. The summed E-state index contributed by atoms with van der Waals surface area (Å²) < 4.78 is 5.14. The lowest BCUT2D eigenvalue weighted by Crippen LogP contribution is -2.49. The highest BCUT2D eigenvalue weighted by atomic mass is 32.1. The smallest absolute Gasteiger partial charge is 0.235 e. The molecule has 3 N–H and O–H groups in total. The summed E-state index contributed by atoms with van der Waals surface area (Å²) in [5.41, 5.74) is 4.98. The molecule has 0 heterocycles. The highest BCUT2D eigenvalue weighted by Crippen LogP contribution is 2.29. The van der Waals surface area contributed by atoms with Crippen molar-refractivity contribution in [2.75, 3.05) is 33.4 Å². The van der Waals surface area contributed by atoms with Crippen molar-refractivity contribution in [1.29, 1.82) is 0 Å². The summed E-state index contributed by atoms with van der Waals surface area (Å²) in [4.78, 5) is 14.2. The Balaban J connectivity index is 4.53. The van der Waals surface area contributed by atoms with Crippen LogP contribution < -0.4 is 5.73 Å². The van der Waals surface area contributed by atoms with Gasteiger partial charge in [0.15, 0.2) is 0 Å². The second kappa shape index (κ2) is 8.39. The van der Waals surface area contributed by atoms with Crippen LogP contribution in [-0.2, 0) is 9.53 Å². The van der Waals surface area contributed by atoms with Crippen LogP contribution in [0.5, 0.6) is 0 Å². The molecule has 5 nitrogen and oxygen atoms in total. The summed E-state index contributed by atoms with van der Waals surface area (Å²) >= 11 is 5.04. The average molecular weight is 276 g/mol. The zero-order valence-electron chi connectivity index (χ0n) is 11.4. The lowest BCUT2D eigenvalue weighted by Gasteiger charge is -2.33. The number of aliphatic hydroxyl groups excluding tert-OH is 1. The van der Waals surface area contributed by atoms with E-state index in [1.54, 1.807) is 11.9 Å². The highest BCUT2D eigenvalue weighted by molar-refractivity contribution is 7.80. The predicted octanol–water partition coefficient (Wildman–Crippen LogP) is 0.546. The molecule has 0 atom stereocenters. The first kappa shape index (κ1) is 17.3. The zero-order valence-corrected chi connectivity index (χ0v) is 12.3. The summed E-state index contributed by atoms with van der Waals surface area (Å²) in [6, 6.07) is 0. The second-order valence-corrected chi connectivity index (χ2v) is 4.66. The SMILES string of the molecule is CCC(CC)(C(=O)N(C)CCOCCO)C(N)=S. The molecule has 0 aliphatic carbocycles. The Bertz CT molecular complexity index is 280. The first-order valence-corrected chi connectivity index (χ1v) is 6.61. The number of carbonyl (C=O) groups is 1. The Morgan fingerprint density at radius 2 is 1.94 bits per heavy atom. The van der Waals surface area contributed by atoms with E-state index in [0.29, 0.717) is 26.0 Å². The van der Waals surface area contributed by atoms with Crippen molar-refractivity contribution >= 4 is 23.1 Å². The largest absolute Gasteiger partial charge is 0.394 e. The van der Waals surface area contributed by atoms with Crippen LogP contribution in [0.15, 0.2) is 0 Å². The molecular weight excluding hydrogens is 252 g/mol. The summed E-state index contributed by atoms with van der Waals surface area (Å²) in [6.45, 7) is 4.95. The van der Waals surface area contributed by atoms with E-state index in [1.165, 1.54) is 0 Å². The molecule has 0 radical (unpaired) electrons. The Morgan fingerprint density at radius 1 is 1.39 bits per heavy atom. The van der Waals surface area contributed by atoms with Gasteiger partial charge in [-0.25, -0.2) is 0 Å². The maximum Gasteiger partial charge on any atom is 0.235 e. The number of hydrogen-bond acceptors (Lipinski definition) is 4. The van der Waals surface area contributed by atoms with Crippen molar-refractivity contribution in [3.05, 3.63) is 0 Å². The highest BCUT2D eigenvalue weighted by Gasteiger charge is 2.39. The third kappa shape index (κ3) is 4.19. The molecule has 106 valence electrons. The minimum absolute atomic E-state index is 0.0155. The van der Waals surface area contributed by atoms with Crippen LogP contribution in [0.25, 0.3) is 0 Å². The average Bonchev–Trinajstić information content (AvgIpc) is 2.36. The van der Waals surface area contributed by atoms with E-state index in [-0.39, 0.29) is 24.1 Å². The predicted molar refractivity (Wildman–Crippen MR) is 75.3 cm³/mol. The van der Waals surface area contributed by atoms with Crippen molar-refractivity contribution < 1.29 is 14.6 Å². The van der Waals surface area contributed by atoms with Crippen LogP contribution >= 0.6 is 12.2 Å². The van der Waals surface area contributed by atoms with Crippen LogP contribution in [0.4, 0.5) is 0 Å². The van der Waals surface area contributed by atoms with Crippen LogP contribution in [0.2, 0.25) is 0 Å². The van der Waals surface area contributed by atoms with Gasteiger partial charge in [0.1, 0.15) is 0 Å². The van der Waals surface area contributed by atoms with Gasteiger partial charge in [0.05, 0.1) is 30.2 Å². The second-order valence-electron chi connectivity index (χ2n) is 4.22.